The second-order valence-corrected chi connectivity index (χ2v) is 5.43. The summed E-state index contributed by atoms with van der Waals surface area (Å²) in [4.78, 5) is 0. The maximum Gasteiger partial charge on any atom is 0.351 e. The Labute approximate surface area is 81.0 Å². The van der Waals surface area contributed by atoms with Gasteiger partial charge < -0.3 is 18.3 Å². The highest BCUT2D eigenvalue weighted by molar-refractivity contribution is 6.45. The van der Waals surface area contributed by atoms with E-state index in [1.54, 1.807) is 14.2 Å². The fraction of sp³-hybridized carbons (Fsp3) is 1.00. The highest BCUT2D eigenvalue weighted by atomic mass is 28.3. The Morgan fingerprint density at radius 2 is 2.08 bits per heavy atom. The molecule has 0 spiro atoms. The van der Waals surface area contributed by atoms with Gasteiger partial charge in [0.2, 0.25) is 0 Å². The van der Waals surface area contributed by atoms with Crippen LogP contribution in [0.25, 0.3) is 0 Å². The van der Waals surface area contributed by atoms with Crippen molar-refractivity contribution in [3.8, 4) is 0 Å². The van der Waals surface area contributed by atoms with Crippen LogP contribution in [0.1, 0.15) is 19.8 Å². The molecule has 0 aliphatic carbocycles. The Balaban J connectivity index is 2.30. The lowest BCUT2D eigenvalue weighted by molar-refractivity contribution is -0.226. The van der Waals surface area contributed by atoms with Crippen molar-refractivity contribution in [3.63, 3.8) is 0 Å². The van der Waals surface area contributed by atoms with Gasteiger partial charge in [-0.15, -0.1) is 0 Å². The molecule has 0 radical (unpaired) electrons. The lowest BCUT2D eigenvalue weighted by Gasteiger charge is -2.32. The number of ether oxygens (including phenoxy) is 2. The molecule has 5 heteroatoms. The van der Waals surface area contributed by atoms with Crippen LogP contribution in [-0.2, 0) is 18.3 Å². The van der Waals surface area contributed by atoms with E-state index in [2.05, 4.69) is 6.92 Å². The standard InChI is InChI=1S/C8H18O4Si/c1-4-8(13(9-2)10-3)12-7-5-6-11-7/h7-8,13H,4-6H2,1-3H3. The van der Waals surface area contributed by atoms with Crippen LogP contribution in [0, 0.1) is 0 Å². The van der Waals surface area contributed by atoms with Gasteiger partial charge in [-0.3, -0.25) is 0 Å². The quantitative estimate of drug-likeness (QED) is 0.596. The van der Waals surface area contributed by atoms with Crippen LogP contribution in [-0.4, -0.2) is 42.1 Å². The molecular formula is C8H18O4Si. The Morgan fingerprint density at radius 3 is 2.38 bits per heavy atom. The number of hydrogen-bond donors (Lipinski definition) is 0. The van der Waals surface area contributed by atoms with Gasteiger partial charge in [-0.05, 0) is 6.42 Å². The van der Waals surface area contributed by atoms with E-state index in [4.69, 9.17) is 18.3 Å². The van der Waals surface area contributed by atoms with Gasteiger partial charge in [-0.1, -0.05) is 6.92 Å². The van der Waals surface area contributed by atoms with Crippen LogP contribution in [0.15, 0.2) is 0 Å². The van der Waals surface area contributed by atoms with Crippen molar-refractivity contribution in [2.45, 2.75) is 31.8 Å². The van der Waals surface area contributed by atoms with Gasteiger partial charge in [0.15, 0.2) is 6.29 Å². The zero-order valence-corrected chi connectivity index (χ0v) is 9.64. The van der Waals surface area contributed by atoms with Crippen molar-refractivity contribution < 1.29 is 18.3 Å². The van der Waals surface area contributed by atoms with Crippen LogP contribution in [0.4, 0.5) is 0 Å². The van der Waals surface area contributed by atoms with Crippen molar-refractivity contribution in [2.75, 3.05) is 20.8 Å². The van der Waals surface area contributed by atoms with Crippen LogP contribution in [0.3, 0.4) is 0 Å². The second kappa shape index (κ2) is 5.72. The predicted molar refractivity (Wildman–Crippen MR) is 50.7 cm³/mol. The zero-order chi connectivity index (χ0) is 9.68. The minimum atomic E-state index is -1.65. The Morgan fingerprint density at radius 1 is 1.46 bits per heavy atom. The molecule has 1 rings (SSSR count). The SMILES string of the molecule is CCC(OC1CCO1)[SiH](OC)OC. The summed E-state index contributed by atoms with van der Waals surface area (Å²) < 4.78 is 21.4. The van der Waals surface area contributed by atoms with Gasteiger partial charge in [0.25, 0.3) is 0 Å². The summed E-state index contributed by atoms with van der Waals surface area (Å²) in [5, 5.41) is 0. The summed E-state index contributed by atoms with van der Waals surface area (Å²) in [6.07, 6.45) is 1.88. The molecule has 2 atom stereocenters. The Kier molecular flexibility index (Phi) is 4.90. The van der Waals surface area contributed by atoms with Gasteiger partial charge in [0.1, 0.15) is 5.73 Å². The van der Waals surface area contributed by atoms with E-state index in [0.717, 1.165) is 19.4 Å². The normalized spacial score (nSPS) is 24.5. The van der Waals surface area contributed by atoms with Crippen LogP contribution in [0.5, 0.6) is 0 Å². The smallest absolute Gasteiger partial charge is 0.351 e. The molecule has 2 unspecified atom stereocenters. The maximum absolute atomic E-state index is 5.67. The van der Waals surface area contributed by atoms with Crippen LogP contribution < -0.4 is 0 Å². The van der Waals surface area contributed by atoms with Gasteiger partial charge >= 0.3 is 9.28 Å². The van der Waals surface area contributed by atoms with E-state index in [1.807, 2.05) is 0 Å². The first-order valence-electron chi connectivity index (χ1n) is 4.64. The third kappa shape index (κ3) is 3.03. The average Bonchev–Trinajstić information content (AvgIpc) is 2.09. The largest absolute Gasteiger partial charge is 0.398 e. The van der Waals surface area contributed by atoms with E-state index < -0.39 is 9.28 Å². The van der Waals surface area contributed by atoms with Gasteiger partial charge in [0.05, 0.1) is 6.61 Å². The molecule has 0 aromatic heterocycles. The summed E-state index contributed by atoms with van der Waals surface area (Å²) in [5.74, 6) is 0. The summed E-state index contributed by atoms with van der Waals surface area (Å²) >= 11 is 0. The van der Waals surface area contributed by atoms with Gasteiger partial charge in [0, 0.05) is 20.6 Å². The van der Waals surface area contributed by atoms with Crippen molar-refractivity contribution >= 4 is 9.28 Å². The maximum atomic E-state index is 5.67. The summed E-state index contributed by atoms with van der Waals surface area (Å²) in [7, 11) is 1.70. The van der Waals surface area contributed by atoms with Crippen LogP contribution in [0.2, 0.25) is 0 Å². The van der Waals surface area contributed by atoms with E-state index >= 15 is 0 Å². The molecule has 0 amide bonds. The summed E-state index contributed by atoms with van der Waals surface area (Å²) in [6.45, 7) is 2.88. The Bertz CT molecular complexity index is 136. The van der Waals surface area contributed by atoms with Crippen molar-refractivity contribution in [2.24, 2.45) is 0 Å². The lowest BCUT2D eigenvalue weighted by Crippen LogP contribution is -2.43. The van der Waals surface area contributed by atoms with Gasteiger partial charge in [-0.2, -0.15) is 0 Å². The van der Waals surface area contributed by atoms with Gasteiger partial charge in [-0.25, -0.2) is 0 Å². The first-order valence-corrected chi connectivity index (χ1v) is 6.25. The molecular weight excluding hydrogens is 188 g/mol. The minimum Gasteiger partial charge on any atom is -0.398 e. The molecule has 1 aliphatic rings. The molecule has 0 N–H and O–H groups in total. The molecule has 0 aromatic rings. The molecule has 1 aliphatic heterocycles. The summed E-state index contributed by atoms with van der Waals surface area (Å²) in [5.41, 5.74) is 0.0975. The zero-order valence-electron chi connectivity index (χ0n) is 8.49. The molecule has 1 saturated heterocycles. The molecule has 13 heavy (non-hydrogen) atoms. The highest BCUT2D eigenvalue weighted by Crippen LogP contribution is 2.17. The fourth-order valence-corrected chi connectivity index (χ4v) is 2.76. The van der Waals surface area contributed by atoms with Crippen molar-refractivity contribution in [3.05, 3.63) is 0 Å². The first-order chi connectivity index (χ1) is 6.31. The van der Waals surface area contributed by atoms with E-state index in [1.165, 1.54) is 0 Å². The summed E-state index contributed by atoms with van der Waals surface area (Å²) in [6, 6.07) is 0. The monoisotopic (exact) mass is 206 g/mol. The minimum absolute atomic E-state index is 0.0229. The molecule has 0 bridgehead atoms. The molecule has 78 valence electrons. The molecule has 0 saturated carbocycles. The third-order valence-electron chi connectivity index (χ3n) is 2.15. The molecule has 0 aromatic carbocycles. The average molecular weight is 206 g/mol. The fourth-order valence-electron chi connectivity index (χ4n) is 1.27. The van der Waals surface area contributed by atoms with E-state index in [0.29, 0.717) is 0 Å². The Hall–Kier alpha value is 0.0569. The predicted octanol–water partition coefficient (Wildman–Crippen LogP) is 0.580. The molecule has 4 nitrogen and oxygen atoms in total. The second-order valence-electron chi connectivity index (χ2n) is 3.01. The topological polar surface area (TPSA) is 36.9 Å². The number of rotatable bonds is 6. The lowest BCUT2D eigenvalue weighted by atomic mass is 10.3. The third-order valence-corrected chi connectivity index (χ3v) is 4.32. The van der Waals surface area contributed by atoms with Crippen molar-refractivity contribution in [1.82, 2.24) is 0 Å². The number of hydrogen-bond acceptors (Lipinski definition) is 4. The van der Waals surface area contributed by atoms with E-state index in [-0.39, 0.29) is 12.0 Å². The van der Waals surface area contributed by atoms with Crippen molar-refractivity contribution in [1.29, 1.82) is 0 Å². The molecule has 1 heterocycles. The first kappa shape index (κ1) is 11.1. The highest BCUT2D eigenvalue weighted by Gasteiger charge is 2.29. The molecule has 1 fully saturated rings. The van der Waals surface area contributed by atoms with Crippen LogP contribution >= 0.6 is 0 Å². The van der Waals surface area contributed by atoms with E-state index in [9.17, 15) is 0 Å².